The Morgan fingerprint density at radius 1 is 1.27 bits per heavy atom. The van der Waals surface area contributed by atoms with Crippen LogP contribution in [0.3, 0.4) is 0 Å². The Balaban J connectivity index is 1.98. The van der Waals surface area contributed by atoms with Crippen molar-refractivity contribution in [3.05, 3.63) is 15.6 Å². The van der Waals surface area contributed by atoms with Gasteiger partial charge >= 0.3 is 0 Å². The molecule has 0 radical (unpaired) electrons. The lowest BCUT2D eigenvalue weighted by atomic mass is 10.00. The van der Waals surface area contributed by atoms with Crippen LogP contribution in [0.4, 0.5) is 0 Å². The Labute approximate surface area is 162 Å². The third-order valence-corrected chi connectivity index (χ3v) is 5.75. The molecule has 2 N–H and O–H groups in total. The van der Waals surface area contributed by atoms with Gasteiger partial charge < -0.3 is 15.4 Å². The van der Waals surface area contributed by atoms with Gasteiger partial charge in [0.05, 0.1) is 29.5 Å². The highest BCUT2D eigenvalue weighted by Crippen LogP contribution is 2.21. The largest absolute Gasteiger partial charge is 0.373 e. The zero-order chi connectivity index (χ0) is 19.3. The fourth-order valence-electron chi connectivity index (χ4n) is 3.30. The summed E-state index contributed by atoms with van der Waals surface area (Å²) in [5, 5.41) is 7.98. The van der Waals surface area contributed by atoms with Crippen molar-refractivity contribution in [2.24, 2.45) is 4.99 Å². The number of aryl methyl sites for hydroxylation is 2. The Kier molecular flexibility index (Phi) is 7.43. The number of guanidine groups is 1. The first-order chi connectivity index (χ1) is 12.2. The van der Waals surface area contributed by atoms with Gasteiger partial charge in [-0.2, -0.15) is 0 Å². The summed E-state index contributed by atoms with van der Waals surface area (Å²) in [6.07, 6.45) is 0.551. The molecule has 148 valence electrons. The van der Waals surface area contributed by atoms with Gasteiger partial charge in [0.2, 0.25) is 0 Å². The summed E-state index contributed by atoms with van der Waals surface area (Å²) in [5.74, 6) is 0.861. The molecule has 0 amide bonds. The number of hydrogen-bond acceptors (Lipinski definition) is 5. The molecule has 1 aromatic rings. The number of morpholine rings is 1. The lowest BCUT2D eigenvalue weighted by molar-refractivity contribution is -0.0946. The van der Waals surface area contributed by atoms with Crippen LogP contribution in [0.15, 0.2) is 4.99 Å². The van der Waals surface area contributed by atoms with E-state index >= 15 is 0 Å². The van der Waals surface area contributed by atoms with Crippen LogP contribution < -0.4 is 10.6 Å². The van der Waals surface area contributed by atoms with E-state index in [0.29, 0.717) is 6.54 Å². The minimum Gasteiger partial charge on any atom is -0.373 e. The van der Waals surface area contributed by atoms with Crippen molar-refractivity contribution in [2.45, 2.75) is 72.8 Å². The van der Waals surface area contributed by atoms with E-state index in [1.165, 1.54) is 4.88 Å². The molecule has 0 bridgehead atoms. The molecular weight excluding hydrogens is 346 g/mol. The molecule has 1 fully saturated rings. The van der Waals surface area contributed by atoms with Crippen molar-refractivity contribution in [2.75, 3.05) is 26.2 Å². The Morgan fingerprint density at radius 2 is 1.92 bits per heavy atom. The second-order valence-corrected chi connectivity index (χ2v) is 9.05. The Hall–Kier alpha value is -1.18. The molecule has 0 saturated carbocycles. The highest BCUT2D eigenvalue weighted by atomic mass is 32.1. The minimum absolute atomic E-state index is 0.0273. The average molecular weight is 382 g/mol. The Bertz CT molecular complexity index is 603. The van der Waals surface area contributed by atoms with Crippen molar-refractivity contribution in [1.82, 2.24) is 20.5 Å². The van der Waals surface area contributed by atoms with Crippen molar-refractivity contribution in [3.8, 4) is 0 Å². The smallest absolute Gasteiger partial charge is 0.191 e. The number of aromatic nitrogens is 1. The first-order valence-corrected chi connectivity index (χ1v) is 10.4. The molecular formula is C19H35N5OS. The molecule has 2 heterocycles. The molecule has 0 spiro atoms. The SMILES string of the molecule is CCNC(=NCc1sc(C)nc1C)NCC(C)(C)N1CC(C)OC(C)C1. The second kappa shape index (κ2) is 9.15. The fraction of sp³-hybridized carbons (Fsp3) is 0.789. The molecule has 6 nitrogen and oxygen atoms in total. The van der Waals surface area contributed by atoms with Crippen LogP contribution in [0.2, 0.25) is 0 Å². The average Bonchev–Trinajstić information content (AvgIpc) is 2.87. The van der Waals surface area contributed by atoms with E-state index in [1.807, 2.05) is 6.92 Å². The summed E-state index contributed by atoms with van der Waals surface area (Å²) >= 11 is 1.73. The van der Waals surface area contributed by atoms with Gasteiger partial charge in [-0.15, -0.1) is 11.3 Å². The Morgan fingerprint density at radius 3 is 2.46 bits per heavy atom. The van der Waals surface area contributed by atoms with Crippen molar-refractivity contribution in [1.29, 1.82) is 0 Å². The van der Waals surface area contributed by atoms with E-state index in [0.717, 1.165) is 42.8 Å². The standard InChI is InChI=1S/C19H35N5OS/c1-8-20-18(21-9-17-15(4)23-16(5)26-17)22-12-19(6,7)24-10-13(2)25-14(3)11-24/h13-14H,8-12H2,1-7H3,(H2,20,21,22). The van der Waals surface area contributed by atoms with E-state index < -0.39 is 0 Å². The van der Waals surface area contributed by atoms with Crippen LogP contribution in [0, 0.1) is 13.8 Å². The molecule has 2 rings (SSSR count). The topological polar surface area (TPSA) is 61.8 Å². The van der Waals surface area contributed by atoms with Crippen molar-refractivity contribution >= 4 is 17.3 Å². The van der Waals surface area contributed by atoms with Gasteiger partial charge in [0, 0.05) is 36.6 Å². The maximum Gasteiger partial charge on any atom is 0.191 e. The van der Waals surface area contributed by atoms with Crippen LogP contribution in [-0.2, 0) is 11.3 Å². The maximum atomic E-state index is 5.87. The van der Waals surface area contributed by atoms with Gasteiger partial charge in [0.25, 0.3) is 0 Å². The summed E-state index contributed by atoms with van der Waals surface area (Å²) in [6.45, 7) is 19.3. The summed E-state index contributed by atoms with van der Waals surface area (Å²) in [5.41, 5.74) is 1.11. The van der Waals surface area contributed by atoms with E-state index in [1.54, 1.807) is 11.3 Å². The monoisotopic (exact) mass is 381 g/mol. The number of thiazole rings is 1. The van der Waals surface area contributed by atoms with Crippen molar-refractivity contribution < 1.29 is 4.74 Å². The van der Waals surface area contributed by atoms with Crippen LogP contribution >= 0.6 is 11.3 Å². The fourth-order valence-corrected chi connectivity index (χ4v) is 4.16. The van der Waals surface area contributed by atoms with Crippen molar-refractivity contribution in [3.63, 3.8) is 0 Å². The maximum absolute atomic E-state index is 5.87. The van der Waals surface area contributed by atoms with Gasteiger partial charge in [0.1, 0.15) is 0 Å². The number of aliphatic imine (C=N–C) groups is 1. The molecule has 2 atom stereocenters. The van der Waals surface area contributed by atoms with E-state index in [4.69, 9.17) is 9.73 Å². The van der Waals surface area contributed by atoms with E-state index in [2.05, 4.69) is 62.1 Å². The van der Waals surface area contributed by atoms with Gasteiger partial charge in [-0.25, -0.2) is 9.98 Å². The number of hydrogen-bond donors (Lipinski definition) is 2. The third-order valence-electron chi connectivity index (χ3n) is 4.69. The molecule has 1 aromatic heterocycles. The number of rotatable bonds is 6. The summed E-state index contributed by atoms with van der Waals surface area (Å²) < 4.78 is 5.87. The summed E-state index contributed by atoms with van der Waals surface area (Å²) in [4.78, 5) is 13.0. The second-order valence-electron chi connectivity index (χ2n) is 7.76. The summed E-state index contributed by atoms with van der Waals surface area (Å²) in [7, 11) is 0. The highest BCUT2D eigenvalue weighted by molar-refractivity contribution is 7.11. The first-order valence-electron chi connectivity index (χ1n) is 9.57. The predicted octanol–water partition coefficient (Wildman–Crippen LogP) is 2.70. The molecule has 1 aliphatic rings. The number of nitrogens with one attached hydrogen (secondary N) is 2. The normalized spacial score (nSPS) is 22.5. The van der Waals surface area contributed by atoms with Gasteiger partial charge in [-0.3, -0.25) is 4.90 Å². The summed E-state index contributed by atoms with van der Waals surface area (Å²) in [6, 6.07) is 0. The van der Waals surface area contributed by atoms with Crippen LogP contribution in [-0.4, -0.2) is 59.8 Å². The molecule has 26 heavy (non-hydrogen) atoms. The van der Waals surface area contributed by atoms with Crippen LogP contribution in [0.25, 0.3) is 0 Å². The number of nitrogens with zero attached hydrogens (tertiary/aromatic N) is 3. The van der Waals surface area contributed by atoms with Crippen LogP contribution in [0.1, 0.15) is 50.2 Å². The molecule has 1 saturated heterocycles. The lowest BCUT2D eigenvalue weighted by Gasteiger charge is -2.45. The molecule has 1 aliphatic heterocycles. The zero-order valence-electron chi connectivity index (χ0n) is 17.3. The van der Waals surface area contributed by atoms with E-state index in [9.17, 15) is 0 Å². The third kappa shape index (κ3) is 5.93. The quantitative estimate of drug-likeness (QED) is 0.586. The molecule has 0 aliphatic carbocycles. The molecule has 0 aromatic carbocycles. The van der Waals surface area contributed by atoms with E-state index in [-0.39, 0.29) is 17.7 Å². The lowest BCUT2D eigenvalue weighted by Crippen LogP contribution is -2.59. The molecule has 2 unspecified atom stereocenters. The predicted molar refractivity (Wildman–Crippen MR) is 110 cm³/mol. The van der Waals surface area contributed by atoms with Gasteiger partial charge in [-0.1, -0.05) is 0 Å². The van der Waals surface area contributed by atoms with Gasteiger partial charge in [-0.05, 0) is 48.5 Å². The van der Waals surface area contributed by atoms with Crippen LogP contribution in [0.5, 0.6) is 0 Å². The highest BCUT2D eigenvalue weighted by Gasteiger charge is 2.33. The first kappa shape index (κ1) is 21.1. The number of ether oxygens (including phenoxy) is 1. The minimum atomic E-state index is 0.0273. The van der Waals surface area contributed by atoms with Gasteiger partial charge in [0.15, 0.2) is 5.96 Å². The molecule has 7 heteroatoms. The zero-order valence-corrected chi connectivity index (χ0v) is 18.2.